The van der Waals surface area contributed by atoms with Crippen LogP contribution in [0, 0.1) is 0 Å². The van der Waals surface area contributed by atoms with E-state index in [1.807, 2.05) is 42.5 Å². The molecule has 0 aliphatic heterocycles. The Kier molecular flexibility index (Phi) is 6.57. The van der Waals surface area contributed by atoms with E-state index in [9.17, 15) is 5.11 Å². The molecule has 4 nitrogen and oxygen atoms in total. The number of nitrogens with zero attached hydrogens (tertiary/aromatic N) is 3. The third kappa shape index (κ3) is 4.63. The summed E-state index contributed by atoms with van der Waals surface area (Å²) in [6, 6.07) is 49.0. The minimum atomic E-state index is 0.192. The molecule has 1 atom stereocenters. The molecule has 4 heteroatoms. The van der Waals surface area contributed by atoms with Crippen molar-refractivity contribution < 1.29 is 5.11 Å². The van der Waals surface area contributed by atoms with Crippen molar-refractivity contribution in [1.29, 1.82) is 0 Å². The van der Waals surface area contributed by atoms with Crippen LogP contribution in [0.15, 0.2) is 146 Å². The van der Waals surface area contributed by atoms with E-state index in [1.54, 1.807) is 6.07 Å². The smallest absolute Gasteiger partial charge is 0.149 e. The number of aromatic nitrogens is 3. The van der Waals surface area contributed by atoms with E-state index < -0.39 is 0 Å². The van der Waals surface area contributed by atoms with Gasteiger partial charge in [0.25, 0.3) is 0 Å². The van der Waals surface area contributed by atoms with Crippen LogP contribution in [-0.2, 0) is 0 Å². The van der Waals surface area contributed by atoms with Crippen molar-refractivity contribution >= 4 is 11.0 Å². The lowest BCUT2D eigenvalue weighted by molar-refractivity contribution is 0.477. The van der Waals surface area contributed by atoms with E-state index in [0.717, 1.165) is 44.8 Å². The van der Waals surface area contributed by atoms with Gasteiger partial charge in [-0.05, 0) is 59.7 Å². The zero-order chi connectivity index (χ0) is 28.5. The molecule has 42 heavy (non-hydrogen) atoms. The van der Waals surface area contributed by atoms with Gasteiger partial charge in [0, 0.05) is 28.4 Å². The van der Waals surface area contributed by atoms with Gasteiger partial charge in [0.15, 0.2) is 0 Å². The average molecular weight is 544 g/mol. The molecule has 1 N–H and O–H groups in total. The topological polar surface area (TPSA) is 50.9 Å². The van der Waals surface area contributed by atoms with Crippen molar-refractivity contribution in [3.8, 4) is 45.2 Å². The minimum absolute atomic E-state index is 0.192. The molecule has 0 fully saturated rings. The summed E-state index contributed by atoms with van der Waals surface area (Å²) in [5.41, 5.74) is 9.87. The molecule has 0 spiro atoms. The lowest BCUT2D eigenvalue weighted by atomic mass is 9.96. The van der Waals surface area contributed by atoms with Gasteiger partial charge in [-0.25, -0.2) is 4.98 Å². The highest BCUT2D eigenvalue weighted by Gasteiger charge is 2.19. The monoisotopic (exact) mass is 543 g/mol. The number of phenolic OH excluding ortho intramolecular Hbond substituents is 1. The first kappa shape index (κ1) is 25.5. The maximum Gasteiger partial charge on any atom is 0.149 e. The first-order chi connectivity index (χ1) is 20.7. The van der Waals surface area contributed by atoms with Gasteiger partial charge < -0.3 is 5.11 Å². The van der Waals surface area contributed by atoms with Gasteiger partial charge in [0.2, 0.25) is 0 Å². The van der Waals surface area contributed by atoms with Gasteiger partial charge in [0.05, 0.1) is 22.3 Å². The zero-order valence-electron chi connectivity index (χ0n) is 23.2. The summed E-state index contributed by atoms with van der Waals surface area (Å²) in [5.74, 6) is 1.09. The van der Waals surface area contributed by atoms with Crippen LogP contribution in [0.2, 0.25) is 0 Å². The summed E-state index contributed by atoms with van der Waals surface area (Å²) >= 11 is 0. The number of fused-ring (bicyclic) bond motifs is 1. The van der Waals surface area contributed by atoms with Crippen molar-refractivity contribution in [3.63, 3.8) is 0 Å². The second kappa shape index (κ2) is 10.8. The highest BCUT2D eigenvalue weighted by molar-refractivity contribution is 5.96. The van der Waals surface area contributed by atoms with Gasteiger partial charge in [-0.3, -0.25) is 9.55 Å². The maximum atomic E-state index is 10.8. The van der Waals surface area contributed by atoms with Crippen molar-refractivity contribution in [3.05, 3.63) is 157 Å². The van der Waals surface area contributed by atoms with E-state index in [2.05, 4.69) is 109 Å². The van der Waals surface area contributed by atoms with Crippen molar-refractivity contribution in [2.24, 2.45) is 0 Å². The summed E-state index contributed by atoms with van der Waals surface area (Å²) in [5, 5.41) is 10.8. The van der Waals surface area contributed by atoms with Crippen LogP contribution in [0.4, 0.5) is 0 Å². The molecule has 0 bridgehead atoms. The summed E-state index contributed by atoms with van der Waals surface area (Å²) in [4.78, 5) is 10.2. The summed E-state index contributed by atoms with van der Waals surface area (Å²) in [6.45, 7) is 2.20. The van der Waals surface area contributed by atoms with Crippen LogP contribution in [0.1, 0.15) is 24.1 Å². The van der Waals surface area contributed by atoms with Gasteiger partial charge in [-0.15, -0.1) is 0 Å². The molecule has 0 amide bonds. The Balaban J connectivity index is 1.36. The first-order valence-corrected chi connectivity index (χ1v) is 14.2. The lowest BCUT2D eigenvalue weighted by Gasteiger charge is -2.13. The molecule has 2 heterocycles. The highest BCUT2D eigenvalue weighted by atomic mass is 16.3. The molecule has 0 aliphatic carbocycles. The predicted octanol–water partition coefficient (Wildman–Crippen LogP) is 9.28. The average Bonchev–Trinajstić information content (AvgIpc) is 3.45. The molecule has 5 aromatic carbocycles. The molecule has 0 aliphatic rings. The second-order valence-corrected chi connectivity index (χ2v) is 10.5. The number of aromatic hydroxyl groups is 1. The number of para-hydroxylation sites is 3. The standard InChI is InChI=1S/C38H29N3O/c1-26(27-13-4-2-5-14-27)33-21-12-22-34(39-33)29-16-10-15-28(25-29)31-20-11-23-35-37(31)40-38(32-19-8-9-24-36(32)42)41(35)30-17-6-3-7-18-30/h2-26,42H,1H3. The molecular weight excluding hydrogens is 514 g/mol. The first-order valence-electron chi connectivity index (χ1n) is 14.2. The summed E-state index contributed by atoms with van der Waals surface area (Å²) in [7, 11) is 0. The number of hydrogen-bond acceptors (Lipinski definition) is 3. The highest BCUT2D eigenvalue weighted by Crippen LogP contribution is 2.38. The molecular formula is C38H29N3O. The van der Waals surface area contributed by atoms with Crippen LogP contribution >= 0.6 is 0 Å². The Labute approximate surface area is 245 Å². The number of pyridine rings is 1. The molecule has 1 unspecified atom stereocenters. The second-order valence-electron chi connectivity index (χ2n) is 10.5. The molecule has 7 rings (SSSR count). The fourth-order valence-electron chi connectivity index (χ4n) is 5.63. The predicted molar refractivity (Wildman–Crippen MR) is 171 cm³/mol. The number of hydrogen-bond donors (Lipinski definition) is 1. The third-order valence-corrected chi connectivity index (χ3v) is 7.83. The Morgan fingerprint density at radius 3 is 2.07 bits per heavy atom. The van der Waals surface area contributed by atoms with E-state index in [4.69, 9.17) is 9.97 Å². The van der Waals surface area contributed by atoms with Crippen LogP contribution in [0.25, 0.3) is 50.5 Å². The van der Waals surface area contributed by atoms with Gasteiger partial charge >= 0.3 is 0 Å². The molecule has 2 aromatic heterocycles. The normalized spacial score (nSPS) is 11.9. The van der Waals surface area contributed by atoms with Crippen LogP contribution in [-0.4, -0.2) is 19.6 Å². The van der Waals surface area contributed by atoms with Crippen LogP contribution < -0.4 is 0 Å². The van der Waals surface area contributed by atoms with Gasteiger partial charge in [-0.1, -0.05) is 104 Å². The summed E-state index contributed by atoms with van der Waals surface area (Å²) in [6.07, 6.45) is 0. The molecule has 7 aromatic rings. The molecule has 0 radical (unpaired) electrons. The third-order valence-electron chi connectivity index (χ3n) is 7.83. The van der Waals surface area contributed by atoms with Gasteiger partial charge in [0.1, 0.15) is 11.6 Å². The van der Waals surface area contributed by atoms with E-state index in [1.165, 1.54) is 5.56 Å². The maximum absolute atomic E-state index is 10.8. The van der Waals surface area contributed by atoms with Gasteiger partial charge in [-0.2, -0.15) is 0 Å². The van der Waals surface area contributed by atoms with E-state index in [-0.39, 0.29) is 11.7 Å². The Hall–Kier alpha value is -5.48. The van der Waals surface area contributed by atoms with E-state index >= 15 is 0 Å². The summed E-state index contributed by atoms with van der Waals surface area (Å²) < 4.78 is 2.12. The Bertz CT molecular complexity index is 2010. The number of imidazole rings is 1. The quantitative estimate of drug-likeness (QED) is 0.227. The fraction of sp³-hybridized carbons (Fsp3) is 0.0526. The van der Waals surface area contributed by atoms with Crippen molar-refractivity contribution in [2.75, 3.05) is 0 Å². The molecule has 0 saturated carbocycles. The zero-order valence-corrected chi connectivity index (χ0v) is 23.2. The molecule has 0 saturated heterocycles. The number of phenols is 1. The SMILES string of the molecule is CC(c1ccccc1)c1cccc(-c2cccc(-c3cccc4c3nc(-c3ccccc3O)n4-c3ccccc3)c2)n1. The lowest BCUT2D eigenvalue weighted by Crippen LogP contribution is -2.00. The van der Waals surface area contributed by atoms with Crippen LogP contribution in [0.3, 0.4) is 0 Å². The van der Waals surface area contributed by atoms with E-state index in [0.29, 0.717) is 11.4 Å². The Morgan fingerprint density at radius 2 is 1.26 bits per heavy atom. The van der Waals surface area contributed by atoms with Crippen LogP contribution in [0.5, 0.6) is 5.75 Å². The minimum Gasteiger partial charge on any atom is -0.507 e. The fourth-order valence-corrected chi connectivity index (χ4v) is 5.63. The Morgan fingerprint density at radius 1 is 0.595 bits per heavy atom. The number of rotatable bonds is 6. The largest absolute Gasteiger partial charge is 0.507 e. The van der Waals surface area contributed by atoms with Crippen molar-refractivity contribution in [2.45, 2.75) is 12.8 Å². The number of benzene rings is 5. The molecule has 202 valence electrons. The van der Waals surface area contributed by atoms with Crippen molar-refractivity contribution in [1.82, 2.24) is 14.5 Å².